The van der Waals surface area contributed by atoms with Crippen LogP contribution in [-0.4, -0.2) is 26.1 Å². The van der Waals surface area contributed by atoms with Crippen LogP contribution in [0.4, 0.5) is 18.9 Å². The third kappa shape index (κ3) is 6.59. The first kappa shape index (κ1) is 26.0. The largest absolute Gasteiger partial charge is 0.331 e. The number of halogens is 3. The molecule has 3 aromatic carbocycles. The Bertz CT molecular complexity index is 1410. The number of thiocarbonyl (C=S) groups is 1. The van der Waals surface area contributed by atoms with Gasteiger partial charge in [-0.3, -0.25) is 5.43 Å². The van der Waals surface area contributed by atoms with E-state index < -0.39 is 5.92 Å². The molecule has 0 amide bonds. The third-order valence-corrected chi connectivity index (χ3v) is 5.76. The summed E-state index contributed by atoms with van der Waals surface area (Å²) in [6, 6.07) is 17.9. The summed E-state index contributed by atoms with van der Waals surface area (Å²) in [6.45, 7) is 4.90. The van der Waals surface area contributed by atoms with Gasteiger partial charge < -0.3 is 5.32 Å². The number of anilines is 1. The van der Waals surface area contributed by atoms with E-state index >= 15 is 0 Å². The van der Waals surface area contributed by atoms with Crippen molar-refractivity contribution in [3.8, 4) is 17.1 Å². The van der Waals surface area contributed by atoms with Gasteiger partial charge in [0.15, 0.2) is 10.9 Å². The molecule has 1 aromatic heterocycles. The Kier molecular flexibility index (Phi) is 7.68. The van der Waals surface area contributed by atoms with Crippen LogP contribution < -0.4 is 10.7 Å². The molecular formula is C27H25F3N6S. The highest BCUT2D eigenvalue weighted by atomic mass is 32.1. The molecule has 0 fully saturated rings. The molecule has 6 nitrogen and oxygen atoms in total. The van der Waals surface area contributed by atoms with Gasteiger partial charge in [-0.25, -0.2) is 22.8 Å². The zero-order valence-corrected chi connectivity index (χ0v) is 21.2. The number of hydrazone groups is 1. The molecule has 0 saturated carbocycles. The monoisotopic (exact) mass is 522 g/mol. The predicted molar refractivity (Wildman–Crippen MR) is 144 cm³/mol. The van der Waals surface area contributed by atoms with Crippen LogP contribution in [0.5, 0.6) is 0 Å². The summed E-state index contributed by atoms with van der Waals surface area (Å²) in [6.07, 6.45) is 3.13. The van der Waals surface area contributed by atoms with Gasteiger partial charge in [-0.05, 0) is 53.5 Å². The molecule has 2 N–H and O–H groups in total. The maximum Gasteiger partial charge on any atom is 0.270 e. The quantitative estimate of drug-likeness (QED) is 0.162. The smallest absolute Gasteiger partial charge is 0.270 e. The molecule has 0 saturated heterocycles. The van der Waals surface area contributed by atoms with Gasteiger partial charge in [0, 0.05) is 23.7 Å². The molecule has 0 aliphatic heterocycles. The summed E-state index contributed by atoms with van der Waals surface area (Å²) in [5.41, 5.74) is 6.44. The second kappa shape index (κ2) is 10.9. The summed E-state index contributed by atoms with van der Waals surface area (Å²) in [5, 5.41) is 11.8. The van der Waals surface area contributed by atoms with Crippen molar-refractivity contribution >= 4 is 29.2 Å². The lowest BCUT2D eigenvalue weighted by Crippen LogP contribution is -2.24. The zero-order valence-electron chi connectivity index (χ0n) is 20.4. The molecule has 190 valence electrons. The Labute approximate surface area is 218 Å². The highest BCUT2D eigenvalue weighted by Gasteiger charge is 2.23. The predicted octanol–water partition coefficient (Wildman–Crippen LogP) is 6.63. The van der Waals surface area contributed by atoms with Crippen LogP contribution in [0.3, 0.4) is 0 Å². The molecule has 10 heteroatoms. The van der Waals surface area contributed by atoms with Crippen molar-refractivity contribution in [2.24, 2.45) is 5.10 Å². The molecule has 4 rings (SSSR count). The Morgan fingerprint density at radius 3 is 2.41 bits per heavy atom. The highest BCUT2D eigenvalue weighted by molar-refractivity contribution is 7.80. The SMILES string of the molecule is CC(C)c1ccc(F)cc1NC(=S)NN=Cc1ccc(-c2ncn(-c3ccc(C(C)(F)F)cc3)n2)cc1. The van der Waals surface area contributed by atoms with E-state index in [0.717, 1.165) is 23.6 Å². The van der Waals surface area contributed by atoms with E-state index in [1.54, 1.807) is 24.4 Å². The molecule has 0 aliphatic rings. The van der Waals surface area contributed by atoms with Crippen LogP contribution in [0, 0.1) is 5.82 Å². The van der Waals surface area contributed by atoms with E-state index in [0.29, 0.717) is 17.2 Å². The van der Waals surface area contributed by atoms with Crippen molar-refractivity contribution < 1.29 is 13.2 Å². The second-order valence-corrected chi connectivity index (χ2v) is 9.19. The molecule has 1 heterocycles. The number of nitrogens with one attached hydrogen (secondary N) is 2. The minimum atomic E-state index is -2.90. The van der Waals surface area contributed by atoms with E-state index in [1.165, 1.54) is 35.3 Å². The van der Waals surface area contributed by atoms with E-state index in [9.17, 15) is 13.2 Å². The fraction of sp³-hybridized carbons (Fsp3) is 0.185. The van der Waals surface area contributed by atoms with Crippen LogP contribution in [0.1, 0.15) is 43.4 Å². The van der Waals surface area contributed by atoms with Crippen LogP contribution in [0.2, 0.25) is 0 Å². The molecule has 0 spiro atoms. The average molecular weight is 523 g/mol. The third-order valence-electron chi connectivity index (χ3n) is 5.56. The number of benzene rings is 3. The van der Waals surface area contributed by atoms with Crippen molar-refractivity contribution in [3.63, 3.8) is 0 Å². The maximum absolute atomic E-state index is 13.7. The van der Waals surface area contributed by atoms with Crippen molar-refractivity contribution in [3.05, 3.63) is 95.6 Å². The normalized spacial score (nSPS) is 11.8. The second-order valence-electron chi connectivity index (χ2n) is 8.78. The molecule has 0 radical (unpaired) electrons. The van der Waals surface area contributed by atoms with Crippen LogP contribution >= 0.6 is 12.2 Å². The number of aromatic nitrogens is 3. The van der Waals surface area contributed by atoms with E-state index in [-0.39, 0.29) is 22.4 Å². The van der Waals surface area contributed by atoms with Crippen molar-refractivity contribution in [2.75, 3.05) is 5.32 Å². The Balaban J connectivity index is 1.37. The van der Waals surface area contributed by atoms with Crippen molar-refractivity contribution in [1.82, 2.24) is 20.2 Å². The number of alkyl halides is 2. The Morgan fingerprint density at radius 2 is 1.76 bits per heavy atom. The fourth-order valence-electron chi connectivity index (χ4n) is 3.60. The molecule has 4 aromatic rings. The molecular weight excluding hydrogens is 497 g/mol. The Morgan fingerprint density at radius 1 is 1.05 bits per heavy atom. The summed E-state index contributed by atoms with van der Waals surface area (Å²) in [7, 11) is 0. The average Bonchev–Trinajstić information content (AvgIpc) is 3.34. The highest BCUT2D eigenvalue weighted by Crippen LogP contribution is 2.28. The van der Waals surface area contributed by atoms with E-state index in [4.69, 9.17) is 12.2 Å². The van der Waals surface area contributed by atoms with Crippen LogP contribution in [-0.2, 0) is 5.92 Å². The number of rotatable bonds is 7. The Hall–Kier alpha value is -4.05. The lowest BCUT2D eigenvalue weighted by atomic mass is 10.0. The van der Waals surface area contributed by atoms with Gasteiger partial charge in [-0.15, -0.1) is 5.10 Å². The van der Waals surface area contributed by atoms with Gasteiger partial charge in [0.25, 0.3) is 5.92 Å². The first-order chi connectivity index (χ1) is 17.6. The van der Waals surface area contributed by atoms with Gasteiger partial charge in [-0.2, -0.15) is 5.10 Å². The first-order valence-electron chi connectivity index (χ1n) is 11.5. The summed E-state index contributed by atoms with van der Waals surface area (Å²) >= 11 is 5.28. The minimum Gasteiger partial charge on any atom is -0.331 e. The lowest BCUT2D eigenvalue weighted by molar-refractivity contribution is 0.0175. The number of nitrogens with zero attached hydrogens (tertiary/aromatic N) is 4. The topological polar surface area (TPSA) is 67.1 Å². The minimum absolute atomic E-state index is 0.0610. The molecule has 0 aliphatic carbocycles. The van der Waals surface area contributed by atoms with Crippen molar-refractivity contribution in [1.29, 1.82) is 0 Å². The van der Waals surface area contributed by atoms with Gasteiger partial charge >= 0.3 is 0 Å². The standard InChI is InChI=1S/C27H25F3N6S/c1-17(2)23-13-10-21(28)14-24(23)33-26(37)34-32-15-18-4-6-19(7-5-18)25-31-16-36(35-25)22-11-8-20(9-12-22)27(3,29)30/h4-17H,1-3H3,(H2,33,34,37). The molecule has 0 bridgehead atoms. The van der Waals surface area contributed by atoms with Gasteiger partial charge in [0.1, 0.15) is 12.1 Å². The maximum atomic E-state index is 13.7. The fourth-order valence-corrected chi connectivity index (χ4v) is 3.76. The summed E-state index contributed by atoms with van der Waals surface area (Å²) < 4.78 is 42.1. The molecule has 37 heavy (non-hydrogen) atoms. The summed E-state index contributed by atoms with van der Waals surface area (Å²) in [5.74, 6) is -2.56. The van der Waals surface area contributed by atoms with Crippen LogP contribution in [0.15, 0.2) is 78.2 Å². The van der Waals surface area contributed by atoms with E-state index in [1.807, 2.05) is 38.1 Å². The number of hydrogen-bond donors (Lipinski definition) is 2. The first-order valence-corrected chi connectivity index (χ1v) is 11.9. The number of hydrogen-bond acceptors (Lipinski definition) is 4. The van der Waals surface area contributed by atoms with E-state index in [2.05, 4.69) is 25.9 Å². The van der Waals surface area contributed by atoms with Crippen molar-refractivity contribution in [2.45, 2.75) is 32.6 Å². The van der Waals surface area contributed by atoms with Gasteiger partial charge in [-0.1, -0.05) is 56.3 Å². The van der Waals surface area contributed by atoms with Gasteiger partial charge in [0.2, 0.25) is 0 Å². The molecule has 0 atom stereocenters. The molecule has 0 unspecified atom stereocenters. The van der Waals surface area contributed by atoms with Gasteiger partial charge in [0.05, 0.1) is 11.9 Å². The zero-order chi connectivity index (χ0) is 26.6. The lowest BCUT2D eigenvalue weighted by Gasteiger charge is -2.14. The van der Waals surface area contributed by atoms with Crippen LogP contribution in [0.25, 0.3) is 17.1 Å². The summed E-state index contributed by atoms with van der Waals surface area (Å²) in [4.78, 5) is 4.32.